The Kier molecular flexibility index (Phi) is 6.19. The minimum absolute atomic E-state index is 0.0345. The van der Waals surface area contributed by atoms with Crippen LogP contribution >= 0.6 is 0 Å². The monoisotopic (exact) mass is 417 g/mol. The smallest absolute Gasteiger partial charge is 0.134 e. The molecular formula is C24H31N7. The molecule has 4 rings (SSSR count). The van der Waals surface area contributed by atoms with Crippen molar-refractivity contribution in [3.05, 3.63) is 41.6 Å². The van der Waals surface area contributed by atoms with Crippen molar-refractivity contribution in [2.24, 2.45) is 4.99 Å². The van der Waals surface area contributed by atoms with Crippen LogP contribution in [0.5, 0.6) is 0 Å². The summed E-state index contributed by atoms with van der Waals surface area (Å²) < 4.78 is 0. The van der Waals surface area contributed by atoms with Crippen LogP contribution in [0.15, 0.2) is 35.5 Å². The lowest BCUT2D eigenvalue weighted by Crippen LogP contribution is -2.43. The number of aromatic nitrogens is 2. The average Bonchev–Trinajstić information content (AvgIpc) is 3.21. The third kappa shape index (κ3) is 4.54. The molecule has 0 bridgehead atoms. The molecule has 2 aliphatic heterocycles. The first kappa shape index (κ1) is 21.3. The van der Waals surface area contributed by atoms with Crippen molar-refractivity contribution in [1.82, 2.24) is 14.9 Å². The molecular weight excluding hydrogens is 386 g/mol. The summed E-state index contributed by atoms with van der Waals surface area (Å²) >= 11 is 0. The highest BCUT2D eigenvalue weighted by atomic mass is 15.2. The van der Waals surface area contributed by atoms with Crippen molar-refractivity contribution >= 4 is 24.2 Å². The topological polar surface area (TPSA) is 80.4 Å². The van der Waals surface area contributed by atoms with Crippen molar-refractivity contribution in [2.45, 2.75) is 44.1 Å². The Bertz CT molecular complexity index is 972. The standard InChI is InChI=1S/C24H31N7/c1-18-5-4-10-31(18)23-15-20(24(17-26-2)7-11-30(3)12-8-24)14-22(29-23)28-21-13-19(16-25)6-9-27-21/h6,9,13-15,18H,2,4-5,7-8,10-12,17H2,1,3H3,(H,27,28,29)/t18-/m1/s1. The van der Waals surface area contributed by atoms with Gasteiger partial charge in [0.25, 0.3) is 0 Å². The van der Waals surface area contributed by atoms with Crippen molar-refractivity contribution in [2.75, 3.05) is 43.4 Å². The van der Waals surface area contributed by atoms with Gasteiger partial charge in [0.2, 0.25) is 0 Å². The zero-order chi connectivity index (χ0) is 21.8. The summed E-state index contributed by atoms with van der Waals surface area (Å²) in [6, 6.07) is 10.5. The summed E-state index contributed by atoms with van der Waals surface area (Å²) in [7, 11) is 2.18. The molecule has 2 aromatic rings. The molecule has 2 aromatic heterocycles. The van der Waals surface area contributed by atoms with Gasteiger partial charge in [-0.15, -0.1) is 0 Å². The van der Waals surface area contributed by atoms with Gasteiger partial charge >= 0.3 is 0 Å². The molecule has 162 valence electrons. The SMILES string of the molecule is C=NCC1(c2cc(Nc3cc(C#N)ccn3)nc(N3CCC[C@H]3C)c2)CCN(C)CC1. The predicted molar refractivity (Wildman–Crippen MR) is 125 cm³/mol. The Morgan fingerprint density at radius 3 is 2.74 bits per heavy atom. The fourth-order valence-corrected chi connectivity index (χ4v) is 4.81. The second-order valence-corrected chi connectivity index (χ2v) is 8.92. The van der Waals surface area contributed by atoms with Crippen LogP contribution in [0.3, 0.4) is 0 Å². The number of nitriles is 1. The molecule has 1 N–H and O–H groups in total. The minimum atomic E-state index is -0.0345. The maximum absolute atomic E-state index is 9.23. The molecule has 7 nitrogen and oxygen atoms in total. The number of nitrogens with one attached hydrogen (secondary N) is 1. The van der Waals surface area contributed by atoms with Crippen LogP contribution in [0.4, 0.5) is 17.5 Å². The molecule has 0 unspecified atom stereocenters. The molecule has 0 saturated carbocycles. The Hall–Kier alpha value is -2.98. The van der Waals surface area contributed by atoms with Gasteiger partial charge in [-0.05, 0) is 89.3 Å². The third-order valence-corrected chi connectivity index (χ3v) is 6.78. The van der Waals surface area contributed by atoms with E-state index in [1.54, 1.807) is 18.3 Å². The molecule has 7 heteroatoms. The van der Waals surface area contributed by atoms with E-state index >= 15 is 0 Å². The fourth-order valence-electron chi connectivity index (χ4n) is 4.81. The van der Waals surface area contributed by atoms with Crippen LogP contribution in [-0.4, -0.2) is 60.9 Å². The van der Waals surface area contributed by atoms with E-state index in [9.17, 15) is 5.26 Å². The fraction of sp³-hybridized carbons (Fsp3) is 0.500. The molecule has 4 heterocycles. The number of nitrogens with zero attached hydrogens (tertiary/aromatic N) is 6. The average molecular weight is 418 g/mol. The van der Waals surface area contributed by atoms with E-state index in [1.807, 2.05) is 0 Å². The largest absolute Gasteiger partial charge is 0.354 e. The number of pyridine rings is 2. The quantitative estimate of drug-likeness (QED) is 0.721. The molecule has 2 fully saturated rings. The van der Waals surface area contributed by atoms with Gasteiger partial charge in [-0.3, -0.25) is 0 Å². The molecule has 0 spiro atoms. The summed E-state index contributed by atoms with van der Waals surface area (Å²) in [5.74, 6) is 2.39. The second-order valence-electron chi connectivity index (χ2n) is 8.92. The number of aliphatic imine (C=N–C) groups is 1. The van der Waals surface area contributed by atoms with Crippen molar-refractivity contribution < 1.29 is 0 Å². The Labute approximate surface area is 184 Å². The zero-order valence-corrected chi connectivity index (χ0v) is 18.5. The van der Waals surface area contributed by atoms with Crippen LogP contribution in [-0.2, 0) is 5.41 Å². The summed E-state index contributed by atoms with van der Waals surface area (Å²) in [6.45, 7) is 9.91. The first-order valence-electron chi connectivity index (χ1n) is 11.1. The first-order chi connectivity index (χ1) is 15.0. The lowest BCUT2D eigenvalue weighted by atomic mass is 9.73. The number of anilines is 3. The van der Waals surface area contributed by atoms with Gasteiger partial charge in [0.05, 0.1) is 11.6 Å². The van der Waals surface area contributed by atoms with E-state index in [1.165, 1.54) is 18.4 Å². The predicted octanol–water partition coefficient (Wildman–Crippen LogP) is 3.74. The highest BCUT2D eigenvalue weighted by molar-refractivity contribution is 5.60. The van der Waals surface area contributed by atoms with E-state index in [4.69, 9.17) is 4.98 Å². The molecule has 0 amide bonds. The second kappa shape index (κ2) is 9.03. The zero-order valence-electron chi connectivity index (χ0n) is 18.5. The van der Waals surface area contributed by atoms with Gasteiger partial charge < -0.3 is 20.1 Å². The van der Waals surface area contributed by atoms with Crippen molar-refractivity contribution in [3.63, 3.8) is 0 Å². The molecule has 31 heavy (non-hydrogen) atoms. The molecule has 0 radical (unpaired) electrons. The van der Waals surface area contributed by atoms with Crippen LogP contribution in [0, 0.1) is 11.3 Å². The Morgan fingerprint density at radius 1 is 1.26 bits per heavy atom. The van der Waals surface area contributed by atoms with E-state index in [-0.39, 0.29) is 5.41 Å². The van der Waals surface area contributed by atoms with Crippen molar-refractivity contribution in [1.29, 1.82) is 5.26 Å². The normalized spacial score (nSPS) is 20.9. The van der Waals surface area contributed by atoms with E-state index < -0.39 is 0 Å². The first-order valence-corrected chi connectivity index (χ1v) is 11.1. The highest BCUT2D eigenvalue weighted by Gasteiger charge is 2.36. The number of likely N-dealkylation sites (tertiary alicyclic amines) is 1. The van der Waals surface area contributed by atoms with Crippen LogP contribution in [0.25, 0.3) is 0 Å². The third-order valence-electron chi connectivity index (χ3n) is 6.78. The number of rotatable bonds is 6. The van der Waals surface area contributed by atoms with Crippen molar-refractivity contribution in [3.8, 4) is 6.07 Å². The van der Waals surface area contributed by atoms with E-state index in [0.29, 0.717) is 24.0 Å². The maximum Gasteiger partial charge on any atom is 0.134 e. The summed E-state index contributed by atoms with van der Waals surface area (Å²) in [5.41, 5.74) is 1.80. The molecule has 0 aliphatic carbocycles. The van der Waals surface area contributed by atoms with Crippen LogP contribution in [0.1, 0.15) is 43.7 Å². The summed E-state index contributed by atoms with van der Waals surface area (Å²) in [4.78, 5) is 18.5. The lowest BCUT2D eigenvalue weighted by molar-refractivity contribution is 0.192. The molecule has 0 aromatic carbocycles. The van der Waals surface area contributed by atoms with Crippen LogP contribution in [0.2, 0.25) is 0 Å². The van der Waals surface area contributed by atoms with Gasteiger partial charge in [0.1, 0.15) is 17.5 Å². The van der Waals surface area contributed by atoms with Gasteiger partial charge in [-0.1, -0.05) is 0 Å². The number of piperidine rings is 1. The molecule has 2 aliphatic rings. The molecule has 2 saturated heterocycles. The summed E-state index contributed by atoms with van der Waals surface area (Å²) in [5, 5.41) is 12.6. The summed E-state index contributed by atoms with van der Waals surface area (Å²) in [6.07, 6.45) is 6.11. The molecule has 1 atom stereocenters. The van der Waals surface area contributed by atoms with Gasteiger partial charge in [0, 0.05) is 30.7 Å². The maximum atomic E-state index is 9.23. The van der Waals surface area contributed by atoms with Crippen LogP contribution < -0.4 is 10.2 Å². The Balaban J connectivity index is 1.75. The minimum Gasteiger partial charge on any atom is -0.354 e. The highest BCUT2D eigenvalue weighted by Crippen LogP contribution is 2.39. The van der Waals surface area contributed by atoms with Gasteiger partial charge in [0.15, 0.2) is 0 Å². The van der Waals surface area contributed by atoms with Gasteiger partial charge in [-0.2, -0.15) is 5.26 Å². The Morgan fingerprint density at radius 2 is 2.06 bits per heavy atom. The van der Waals surface area contributed by atoms with E-state index in [0.717, 1.165) is 44.1 Å². The van der Waals surface area contributed by atoms with E-state index in [2.05, 4.69) is 64.0 Å². The lowest BCUT2D eigenvalue weighted by Gasteiger charge is -2.40. The van der Waals surface area contributed by atoms with Gasteiger partial charge in [-0.25, -0.2) is 9.97 Å². The number of hydrogen-bond donors (Lipinski definition) is 1. The number of hydrogen-bond acceptors (Lipinski definition) is 7.